The van der Waals surface area contributed by atoms with E-state index in [9.17, 15) is 4.79 Å². The monoisotopic (exact) mass is 160 g/mol. The van der Waals surface area contributed by atoms with Crippen LogP contribution >= 0.6 is 0 Å². The van der Waals surface area contributed by atoms with Crippen LogP contribution in [0.5, 0.6) is 0 Å². The quantitative estimate of drug-likeness (QED) is 0.627. The van der Waals surface area contributed by atoms with Gasteiger partial charge in [-0.2, -0.15) is 5.10 Å². The molecule has 0 aromatic heterocycles. The van der Waals surface area contributed by atoms with Crippen molar-refractivity contribution in [3.05, 3.63) is 29.8 Å². The average molecular weight is 160 g/mol. The highest BCUT2D eigenvalue weighted by atomic mass is 16.1. The zero-order chi connectivity index (χ0) is 8.39. The number of benzene rings is 1. The molecule has 1 aliphatic rings. The minimum Gasteiger partial charge on any atom is -0.296 e. The van der Waals surface area contributed by atoms with E-state index in [0.717, 1.165) is 17.5 Å². The number of nitrogens with zero attached hydrogens (tertiary/aromatic N) is 1. The van der Waals surface area contributed by atoms with Gasteiger partial charge in [0.1, 0.15) is 5.71 Å². The SMILES string of the molecule is O=CC1=NNc2ccccc2C1. The first-order valence-electron chi connectivity index (χ1n) is 3.76. The molecule has 0 spiro atoms. The Kier molecular flexibility index (Phi) is 1.63. The molecule has 60 valence electrons. The van der Waals surface area contributed by atoms with Crippen LogP contribution in [-0.2, 0) is 11.2 Å². The fourth-order valence-corrected chi connectivity index (χ4v) is 1.22. The predicted octanol–water partition coefficient (Wildman–Crippen LogP) is 1.21. The molecule has 0 fully saturated rings. The van der Waals surface area contributed by atoms with Crippen LogP contribution in [0.25, 0.3) is 0 Å². The number of hydrogen-bond acceptors (Lipinski definition) is 3. The summed E-state index contributed by atoms with van der Waals surface area (Å²) in [5.74, 6) is 0. The van der Waals surface area contributed by atoms with E-state index in [1.54, 1.807) is 0 Å². The van der Waals surface area contributed by atoms with Crippen LogP contribution in [0.15, 0.2) is 29.4 Å². The Hall–Kier alpha value is -1.64. The van der Waals surface area contributed by atoms with Gasteiger partial charge in [0.25, 0.3) is 0 Å². The zero-order valence-corrected chi connectivity index (χ0v) is 6.45. The molecule has 0 aliphatic carbocycles. The molecule has 0 radical (unpaired) electrons. The summed E-state index contributed by atoms with van der Waals surface area (Å²) in [6, 6.07) is 7.82. The molecule has 0 unspecified atom stereocenters. The topological polar surface area (TPSA) is 41.5 Å². The van der Waals surface area contributed by atoms with E-state index in [2.05, 4.69) is 10.5 Å². The van der Waals surface area contributed by atoms with Gasteiger partial charge in [-0.25, -0.2) is 0 Å². The van der Waals surface area contributed by atoms with Crippen LogP contribution in [0.4, 0.5) is 5.69 Å². The maximum Gasteiger partial charge on any atom is 0.166 e. The Labute approximate surface area is 70.1 Å². The van der Waals surface area contributed by atoms with Gasteiger partial charge in [0.05, 0.1) is 5.69 Å². The lowest BCUT2D eigenvalue weighted by molar-refractivity contribution is -0.102. The van der Waals surface area contributed by atoms with Crippen molar-refractivity contribution in [1.29, 1.82) is 0 Å². The Balaban J connectivity index is 2.36. The van der Waals surface area contributed by atoms with Crippen LogP contribution in [0.1, 0.15) is 5.56 Å². The van der Waals surface area contributed by atoms with Gasteiger partial charge in [-0.05, 0) is 11.6 Å². The van der Waals surface area contributed by atoms with Crippen LogP contribution in [0.2, 0.25) is 0 Å². The first kappa shape index (κ1) is 7.03. The fourth-order valence-electron chi connectivity index (χ4n) is 1.22. The summed E-state index contributed by atoms with van der Waals surface area (Å²) >= 11 is 0. The molecule has 12 heavy (non-hydrogen) atoms. The number of hydrogen-bond donors (Lipinski definition) is 1. The molecule has 1 heterocycles. The summed E-state index contributed by atoms with van der Waals surface area (Å²) < 4.78 is 0. The summed E-state index contributed by atoms with van der Waals surface area (Å²) in [6.07, 6.45) is 1.41. The number of para-hydroxylation sites is 1. The van der Waals surface area contributed by atoms with Gasteiger partial charge in [0.15, 0.2) is 6.29 Å². The molecule has 0 saturated heterocycles. The van der Waals surface area contributed by atoms with E-state index in [1.807, 2.05) is 24.3 Å². The van der Waals surface area contributed by atoms with Gasteiger partial charge in [-0.15, -0.1) is 0 Å². The van der Waals surface area contributed by atoms with E-state index >= 15 is 0 Å². The molecule has 3 nitrogen and oxygen atoms in total. The Morgan fingerprint density at radius 1 is 1.42 bits per heavy atom. The third-order valence-electron chi connectivity index (χ3n) is 1.84. The lowest BCUT2D eigenvalue weighted by atomic mass is 10.1. The van der Waals surface area contributed by atoms with Crippen molar-refractivity contribution in [3.8, 4) is 0 Å². The minimum atomic E-state index is 0.550. The molecule has 1 aromatic rings. The first-order valence-corrected chi connectivity index (χ1v) is 3.76. The molecule has 1 N–H and O–H groups in total. The Bertz CT molecular complexity index is 344. The van der Waals surface area contributed by atoms with Gasteiger partial charge >= 0.3 is 0 Å². The highest BCUT2D eigenvalue weighted by Crippen LogP contribution is 2.18. The van der Waals surface area contributed by atoms with Crippen molar-refractivity contribution in [3.63, 3.8) is 0 Å². The maximum atomic E-state index is 10.4. The van der Waals surface area contributed by atoms with Crippen molar-refractivity contribution in [2.45, 2.75) is 6.42 Å². The zero-order valence-electron chi connectivity index (χ0n) is 6.45. The second-order valence-corrected chi connectivity index (χ2v) is 2.67. The second-order valence-electron chi connectivity index (χ2n) is 2.67. The minimum absolute atomic E-state index is 0.550. The highest BCUT2D eigenvalue weighted by molar-refractivity contribution is 6.29. The van der Waals surface area contributed by atoms with Crippen molar-refractivity contribution < 1.29 is 4.79 Å². The normalized spacial score (nSPS) is 14.2. The number of hydrazone groups is 1. The van der Waals surface area contributed by atoms with Gasteiger partial charge in [0.2, 0.25) is 0 Å². The molecule has 0 saturated carbocycles. The van der Waals surface area contributed by atoms with E-state index in [1.165, 1.54) is 0 Å². The highest BCUT2D eigenvalue weighted by Gasteiger charge is 2.09. The van der Waals surface area contributed by atoms with Gasteiger partial charge < -0.3 is 0 Å². The van der Waals surface area contributed by atoms with Crippen LogP contribution < -0.4 is 5.43 Å². The second kappa shape index (κ2) is 2.77. The molecule has 0 bridgehead atoms. The predicted molar refractivity (Wildman–Crippen MR) is 47.3 cm³/mol. The van der Waals surface area contributed by atoms with E-state index in [0.29, 0.717) is 12.1 Å². The third-order valence-corrected chi connectivity index (χ3v) is 1.84. The largest absolute Gasteiger partial charge is 0.296 e. The van der Waals surface area contributed by atoms with Crippen LogP contribution in [0.3, 0.4) is 0 Å². The van der Waals surface area contributed by atoms with Crippen molar-refractivity contribution >= 4 is 17.7 Å². The smallest absolute Gasteiger partial charge is 0.166 e. The number of fused-ring (bicyclic) bond motifs is 1. The molecule has 1 aromatic carbocycles. The van der Waals surface area contributed by atoms with Crippen LogP contribution in [-0.4, -0.2) is 12.0 Å². The standard InChI is InChI=1S/C9H8N2O/c12-6-8-5-7-3-1-2-4-9(7)11-10-8/h1-4,6,11H,5H2. The summed E-state index contributed by atoms with van der Waals surface area (Å²) in [4.78, 5) is 10.4. The molecule has 0 atom stereocenters. The number of rotatable bonds is 1. The number of carbonyl (C=O) groups is 1. The first-order chi connectivity index (χ1) is 5.90. The molecular weight excluding hydrogens is 152 g/mol. The van der Waals surface area contributed by atoms with E-state index in [4.69, 9.17) is 0 Å². The van der Waals surface area contributed by atoms with Crippen molar-refractivity contribution in [1.82, 2.24) is 0 Å². The lowest BCUT2D eigenvalue weighted by Crippen LogP contribution is -2.14. The Morgan fingerprint density at radius 2 is 2.25 bits per heavy atom. The molecule has 2 rings (SSSR count). The summed E-state index contributed by atoms with van der Waals surface area (Å²) in [5.41, 5.74) is 5.48. The molecular formula is C9H8N2O. The third kappa shape index (κ3) is 1.09. The van der Waals surface area contributed by atoms with Gasteiger partial charge in [0, 0.05) is 6.42 Å². The molecule has 1 aliphatic heterocycles. The van der Waals surface area contributed by atoms with E-state index < -0.39 is 0 Å². The van der Waals surface area contributed by atoms with E-state index in [-0.39, 0.29) is 0 Å². The fraction of sp³-hybridized carbons (Fsp3) is 0.111. The van der Waals surface area contributed by atoms with Crippen molar-refractivity contribution in [2.75, 3.05) is 5.43 Å². The number of anilines is 1. The maximum absolute atomic E-state index is 10.4. The molecule has 3 heteroatoms. The number of aldehydes is 1. The van der Waals surface area contributed by atoms with Gasteiger partial charge in [-0.3, -0.25) is 10.2 Å². The number of carbonyl (C=O) groups excluding carboxylic acids is 1. The molecule has 0 amide bonds. The van der Waals surface area contributed by atoms with Crippen LogP contribution in [0, 0.1) is 0 Å². The Morgan fingerprint density at radius 3 is 3.08 bits per heavy atom. The average Bonchev–Trinajstić information content (AvgIpc) is 2.17. The number of nitrogens with one attached hydrogen (secondary N) is 1. The summed E-state index contributed by atoms with van der Waals surface area (Å²) in [7, 11) is 0. The van der Waals surface area contributed by atoms with Gasteiger partial charge in [-0.1, -0.05) is 18.2 Å². The summed E-state index contributed by atoms with van der Waals surface area (Å²) in [6.45, 7) is 0. The summed E-state index contributed by atoms with van der Waals surface area (Å²) in [5, 5.41) is 3.89. The van der Waals surface area contributed by atoms with Crippen molar-refractivity contribution in [2.24, 2.45) is 5.10 Å². The lowest BCUT2D eigenvalue weighted by Gasteiger charge is -2.13.